The highest BCUT2D eigenvalue weighted by Crippen LogP contribution is 2.35. The molecule has 2 aromatic rings. The average Bonchev–Trinajstić information content (AvgIpc) is 3.08. The molecule has 0 spiro atoms. The van der Waals surface area contributed by atoms with Gasteiger partial charge in [0.15, 0.2) is 5.69 Å². The lowest BCUT2D eigenvalue weighted by molar-refractivity contribution is -0.127. The van der Waals surface area contributed by atoms with E-state index in [4.69, 9.17) is 9.47 Å². The number of methoxy groups -OCH3 is 1. The van der Waals surface area contributed by atoms with Gasteiger partial charge in [-0.3, -0.25) is 14.5 Å². The fourth-order valence-electron chi connectivity index (χ4n) is 4.90. The number of fused-ring (bicyclic) bond motifs is 1. The molecule has 9 nitrogen and oxygen atoms in total. The number of nitrogens with zero attached hydrogens (tertiary/aromatic N) is 3. The van der Waals surface area contributed by atoms with Crippen LogP contribution in [-0.2, 0) is 16.1 Å². The number of benzene rings is 1. The second-order valence-corrected chi connectivity index (χ2v) is 9.06. The molecular formula is C25H32N4O5. The zero-order valence-corrected chi connectivity index (χ0v) is 20.0. The number of rotatable bonds is 6. The van der Waals surface area contributed by atoms with Crippen molar-refractivity contribution in [2.24, 2.45) is 0 Å². The number of aromatic nitrogens is 2. The Balaban J connectivity index is 1.74. The van der Waals surface area contributed by atoms with Crippen LogP contribution in [0.4, 0.5) is 5.69 Å². The number of hydrogen-bond donors (Lipinski definition) is 1. The summed E-state index contributed by atoms with van der Waals surface area (Å²) in [6.07, 6.45) is 7.80. The molecule has 182 valence electrons. The van der Waals surface area contributed by atoms with Gasteiger partial charge in [0.05, 0.1) is 26.6 Å². The quantitative estimate of drug-likeness (QED) is 0.515. The number of nitrogens with one attached hydrogen (secondary N) is 1. The molecule has 1 N–H and O–H groups in total. The van der Waals surface area contributed by atoms with E-state index in [2.05, 4.69) is 10.3 Å². The maximum absolute atomic E-state index is 13.8. The summed E-state index contributed by atoms with van der Waals surface area (Å²) in [7, 11) is 1.25. The third kappa shape index (κ3) is 4.38. The van der Waals surface area contributed by atoms with Gasteiger partial charge in [0.1, 0.15) is 17.0 Å². The lowest BCUT2D eigenvalue weighted by Gasteiger charge is -2.44. The van der Waals surface area contributed by atoms with Crippen LogP contribution < -0.4 is 15.0 Å². The molecule has 34 heavy (non-hydrogen) atoms. The van der Waals surface area contributed by atoms with Gasteiger partial charge in [-0.15, -0.1) is 0 Å². The molecule has 2 heterocycles. The van der Waals surface area contributed by atoms with E-state index in [1.54, 1.807) is 35.8 Å². The Kier molecular flexibility index (Phi) is 6.90. The van der Waals surface area contributed by atoms with Crippen LogP contribution in [0, 0.1) is 0 Å². The summed E-state index contributed by atoms with van der Waals surface area (Å²) < 4.78 is 11.9. The zero-order valence-electron chi connectivity index (χ0n) is 20.0. The largest absolute Gasteiger partial charge is 0.494 e. The van der Waals surface area contributed by atoms with Gasteiger partial charge in [-0.05, 0) is 51.0 Å². The van der Waals surface area contributed by atoms with Gasteiger partial charge >= 0.3 is 5.97 Å². The van der Waals surface area contributed by atoms with Crippen LogP contribution in [0.15, 0.2) is 30.6 Å². The fraction of sp³-hybridized carbons (Fsp3) is 0.520. The zero-order chi connectivity index (χ0) is 24.3. The van der Waals surface area contributed by atoms with E-state index in [1.807, 2.05) is 6.92 Å². The molecule has 4 rings (SSSR count). The fourth-order valence-corrected chi connectivity index (χ4v) is 4.90. The van der Waals surface area contributed by atoms with Gasteiger partial charge in [0.25, 0.3) is 5.91 Å². The molecule has 9 heteroatoms. The van der Waals surface area contributed by atoms with Gasteiger partial charge in [-0.1, -0.05) is 25.7 Å². The minimum Gasteiger partial charge on any atom is -0.494 e. The number of esters is 1. The normalized spacial score (nSPS) is 20.9. The summed E-state index contributed by atoms with van der Waals surface area (Å²) >= 11 is 0. The molecule has 1 saturated carbocycles. The van der Waals surface area contributed by atoms with E-state index >= 15 is 0 Å². The Morgan fingerprint density at radius 1 is 1.15 bits per heavy atom. The Morgan fingerprint density at radius 3 is 2.44 bits per heavy atom. The predicted octanol–water partition coefficient (Wildman–Crippen LogP) is 3.33. The summed E-state index contributed by atoms with van der Waals surface area (Å²) in [5, 5.41) is 3.21. The molecule has 1 aliphatic heterocycles. The number of carbonyl (C=O) groups is 3. The minimum atomic E-state index is -1.22. The van der Waals surface area contributed by atoms with Crippen molar-refractivity contribution in [1.29, 1.82) is 0 Å². The average molecular weight is 469 g/mol. The van der Waals surface area contributed by atoms with Crippen LogP contribution in [0.25, 0.3) is 0 Å². The molecule has 0 bridgehead atoms. The maximum atomic E-state index is 13.8. The molecule has 1 aliphatic carbocycles. The third-order valence-electron chi connectivity index (χ3n) is 6.68. The highest BCUT2D eigenvalue weighted by molar-refractivity contribution is 6.15. The second-order valence-electron chi connectivity index (χ2n) is 9.06. The van der Waals surface area contributed by atoms with Crippen molar-refractivity contribution in [3.63, 3.8) is 0 Å². The molecule has 2 aliphatic rings. The lowest BCUT2D eigenvalue weighted by atomic mass is 9.92. The number of carbonyl (C=O) groups excluding carboxylic acids is 3. The van der Waals surface area contributed by atoms with Crippen LogP contribution in [0.3, 0.4) is 0 Å². The number of ether oxygens (including phenoxy) is 2. The van der Waals surface area contributed by atoms with Gasteiger partial charge < -0.3 is 19.4 Å². The third-order valence-corrected chi connectivity index (χ3v) is 6.68. The number of amides is 2. The SMILES string of the molecule is CCOc1ccc(N2C(=O)c3c(C(=O)OC)ncn3C[C@@]2(C)C(=O)NC2CCCCCC2)cc1. The summed E-state index contributed by atoms with van der Waals surface area (Å²) in [4.78, 5) is 45.5. The Morgan fingerprint density at radius 2 is 1.82 bits per heavy atom. The van der Waals surface area contributed by atoms with E-state index in [-0.39, 0.29) is 29.9 Å². The molecular weight excluding hydrogens is 436 g/mol. The number of hydrogen-bond acceptors (Lipinski definition) is 6. The molecule has 1 atom stereocenters. The van der Waals surface area contributed by atoms with E-state index in [0.29, 0.717) is 18.0 Å². The molecule has 0 radical (unpaired) electrons. The Bertz CT molecular complexity index is 1060. The van der Waals surface area contributed by atoms with Crippen molar-refractivity contribution in [2.75, 3.05) is 18.6 Å². The first kappa shape index (κ1) is 23.8. The van der Waals surface area contributed by atoms with Crippen LogP contribution in [0.2, 0.25) is 0 Å². The standard InChI is InChI=1S/C25H32N4O5/c1-4-34-19-13-11-18(12-14-19)29-22(30)21-20(23(31)33-3)26-16-28(21)15-25(29,2)24(32)27-17-9-7-5-6-8-10-17/h11-14,16-17H,4-10,15H2,1-3H3,(H,27,32)/t25-/m0/s1. The van der Waals surface area contributed by atoms with Crippen molar-refractivity contribution < 1.29 is 23.9 Å². The van der Waals surface area contributed by atoms with Crippen molar-refractivity contribution in [3.05, 3.63) is 42.0 Å². The van der Waals surface area contributed by atoms with Crippen LogP contribution >= 0.6 is 0 Å². The van der Waals surface area contributed by atoms with E-state index in [0.717, 1.165) is 25.7 Å². The molecule has 1 aromatic heterocycles. The van der Waals surface area contributed by atoms with Crippen molar-refractivity contribution in [3.8, 4) is 5.75 Å². The monoisotopic (exact) mass is 468 g/mol. The second kappa shape index (κ2) is 9.87. The summed E-state index contributed by atoms with van der Waals surface area (Å²) in [5.74, 6) is -0.728. The van der Waals surface area contributed by atoms with Crippen molar-refractivity contribution in [2.45, 2.75) is 70.5 Å². The van der Waals surface area contributed by atoms with Gasteiger partial charge in [0, 0.05) is 11.7 Å². The smallest absolute Gasteiger partial charge is 0.359 e. The lowest BCUT2D eigenvalue weighted by Crippen LogP contribution is -2.65. The van der Waals surface area contributed by atoms with Crippen molar-refractivity contribution >= 4 is 23.5 Å². The van der Waals surface area contributed by atoms with Crippen LogP contribution in [0.1, 0.15) is 73.3 Å². The molecule has 0 saturated heterocycles. The van der Waals surface area contributed by atoms with Gasteiger partial charge in [-0.2, -0.15) is 0 Å². The Hall–Kier alpha value is -3.36. The first-order valence-electron chi connectivity index (χ1n) is 11.9. The number of anilines is 1. The highest BCUT2D eigenvalue weighted by Gasteiger charge is 2.50. The highest BCUT2D eigenvalue weighted by atomic mass is 16.5. The first-order chi connectivity index (χ1) is 16.4. The van der Waals surface area contributed by atoms with E-state index < -0.39 is 17.4 Å². The summed E-state index contributed by atoms with van der Waals surface area (Å²) in [6.45, 7) is 4.33. The molecule has 1 fully saturated rings. The molecule has 1 aromatic carbocycles. The summed E-state index contributed by atoms with van der Waals surface area (Å²) in [5.41, 5.74) is -0.636. The summed E-state index contributed by atoms with van der Waals surface area (Å²) in [6, 6.07) is 7.12. The maximum Gasteiger partial charge on any atom is 0.359 e. The number of imidazole rings is 1. The van der Waals surface area contributed by atoms with E-state index in [9.17, 15) is 14.4 Å². The first-order valence-corrected chi connectivity index (χ1v) is 11.9. The minimum absolute atomic E-state index is 0.0605. The molecule has 2 amide bonds. The van der Waals surface area contributed by atoms with Gasteiger partial charge in [0.2, 0.25) is 5.91 Å². The van der Waals surface area contributed by atoms with Crippen molar-refractivity contribution in [1.82, 2.24) is 14.9 Å². The van der Waals surface area contributed by atoms with E-state index in [1.165, 1.54) is 31.2 Å². The van der Waals surface area contributed by atoms with Gasteiger partial charge in [-0.25, -0.2) is 9.78 Å². The van der Waals surface area contributed by atoms with Crippen LogP contribution in [0.5, 0.6) is 5.75 Å². The Labute approximate surface area is 199 Å². The topological polar surface area (TPSA) is 103 Å². The van der Waals surface area contributed by atoms with Crippen LogP contribution in [-0.4, -0.2) is 52.6 Å². The predicted molar refractivity (Wildman–Crippen MR) is 126 cm³/mol. The molecule has 0 unspecified atom stereocenters.